The Morgan fingerprint density at radius 2 is 1.53 bits per heavy atom. The maximum atomic E-state index is 10.00. The minimum absolute atomic E-state index is 0. The summed E-state index contributed by atoms with van der Waals surface area (Å²) in [5, 5.41) is 94.6. The molecule has 0 aromatic carbocycles. The van der Waals surface area contributed by atoms with Crippen LogP contribution in [0.4, 0.5) is 0 Å². The summed E-state index contributed by atoms with van der Waals surface area (Å²) >= 11 is 0. The molecule has 0 aliphatic carbocycles. The van der Waals surface area contributed by atoms with Gasteiger partial charge in [0.25, 0.3) is 0 Å². The molecule has 0 aromatic heterocycles. The van der Waals surface area contributed by atoms with E-state index in [9.17, 15) is 45.3 Å². The molecule has 0 radical (unpaired) electrons. The predicted molar refractivity (Wildman–Crippen MR) is 98.5 cm³/mol. The van der Waals surface area contributed by atoms with Crippen molar-refractivity contribution >= 4 is 11.9 Å². The van der Waals surface area contributed by atoms with E-state index in [4.69, 9.17) is 35.3 Å². The Bertz CT molecular complexity index is 642. The fourth-order valence-corrected chi connectivity index (χ4v) is 3.03. The van der Waals surface area contributed by atoms with E-state index in [0.717, 1.165) is 0 Å². The first-order valence-electron chi connectivity index (χ1n) is 9.77. The van der Waals surface area contributed by atoms with Gasteiger partial charge in [0.05, 0.1) is 19.2 Å². The minimum Gasteiger partial charge on any atom is -0.548 e. The van der Waals surface area contributed by atoms with Gasteiger partial charge in [0.1, 0.15) is 49.3 Å². The normalized spacial score (nSPS) is 38.3. The number of hydrogen-bond acceptors (Lipinski definition) is 15. The molecule has 11 N–H and O–H groups in total. The fourth-order valence-electron chi connectivity index (χ4n) is 3.03. The molecule has 16 nitrogen and oxygen atoms in total. The third-order valence-electron chi connectivity index (χ3n) is 5.04. The van der Waals surface area contributed by atoms with Gasteiger partial charge < -0.3 is 75.8 Å². The van der Waals surface area contributed by atoms with Crippen LogP contribution in [0.15, 0.2) is 0 Å². The second-order valence-electron chi connectivity index (χ2n) is 7.42. The third kappa shape index (κ3) is 8.59. The Hall–Kier alpha value is 0.0964. The third-order valence-corrected chi connectivity index (χ3v) is 5.04. The van der Waals surface area contributed by atoms with Gasteiger partial charge in [-0.05, 0) is 6.42 Å². The van der Waals surface area contributed by atoms with E-state index in [1.165, 1.54) is 0 Å². The Kier molecular flexibility index (Phi) is 15.4. The molecular formula is C17H30KNO15. The molecule has 2 rings (SSSR count). The molecule has 0 spiro atoms. The van der Waals surface area contributed by atoms with Crippen LogP contribution < -0.4 is 62.2 Å². The second-order valence-corrected chi connectivity index (χ2v) is 7.42. The van der Waals surface area contributed by atoms with Crippen LogP contribution in [0.25, 0.3) is 0 Å². The van der Waals surface area contributed by atoms with Crippen LogP contribution in [0.1, 0.15) is 12.8 Å². The first kappa shape index (κ1) is 34.1. The molecule has 2 saturated heterocycles. The number of aliphatic hydroxyl groups is 8. The Labute approximate surface area is 235 Å². The predicted octanol–water partition coefficient (Wildman–Crippen LogP) is -10.5. The van der Waals surface area contributed by atoms with Gasteiger partial charge in [-0.3, -0.25) is 4.79 Å². The number of hydrogen-bond donors (Lipinski definition) is 10. The van der Waals surface area contributed by atoms with Gasteiger partial charge in [0, 0.05) is 12.5 Å². The van der Waals surface area contributed by atoms with E-state index in [1.54, 1.807) is 0 Å². The van der Waals surface area contributed by atoms with Gasteiger partial charge in [-0.25, -0.2) is 0 Å². The topological polar surface area (TPSA) is 293 Å². The maximum Gasteiger partial charge on any atom is 1.00 e. The van der Waals surface area contributed by atoms with Crippen LogP contribution in [0.3, 0.4) is 0 Å². The van der Waals surface area contributed by atoms with Crippen molar-refractivity contribution < 1.29 is 126 Å². The van der Waals surface area contributed by atoms with Crippen LogP contribution >= 0.6 is 0 Å². The Balaban J connectivity index is 0.000000844. The summed E-state index contributed by atoms with van der Waals surface area (Å²) in [4.78, 5) is 19.7. The van der Waals surface area contributed by atoms with Gasteiger partial charge in [-0.1, -0.05) is 0 Å². The number of aliphatic carboxylic acids is 2. The second kappa shape index (κ2) is 15.4. The van der Waals surface area contributed by atoms with Crippen molar-refractivity contribution in [3.05, 3.63) is 0 Å². The van der Waals surface area contributed by atoms with E-state index in [2.05, 4.69) is 0 Å². The van der Waals surface area contributed by atoms with Crippen molar-refractivity contribution in [2.24, 2.45) is 5.73 Å². The van der Waals surface area contributed by atoms with Gasteiger partial charge in [0.2, 0.25) is 5.79 Å². The quantitative estimate of drug-likeness (QED) is 0.124. The summed E-state index contributed by atoms with van der Waals surface area (Å²) < 4.78 is 15.4. The van der Waals surface area contributed by atoms with Gasteiger partial charge >= 0.3 is 57.4 Å². The summed E-state index contributed by atoms with van der Waals surface area (Å²) in [5.74, 6) is -4.70. The molecular weight excluding hydrogens is 497 g/mol. The molecule has 194 valence electrons. The molecule has 2 aliphatic rings. The molecule has 0 bridgehead atoms. The summed E-state index contributed by atoms with van der Waals surface area (Å²) in [5.41, 5.74) is 4.94. The number of carbonyl (C=O) groups excluding carboxylic acids is 1. The molecule has 2 aliphatic heterocycles. The zero-order valence-corrected chi connectivity index (χ0v) is 21.4. The van der Waals surface area contributed by atoms with Crippen molar-refractivity contribution in [2.45, 2.75) is 73.7 Å². The first-order chi connectivity index (χ1) is 15.3. The number of ether oxygens (including phenoxy) is 3. The molecule has 0 unspecified atom stereocenters. The molecule has 0 amide bonds. The van der Waals surface area contributed by atoms with E-state index in [0.29, 0.717) is 0 Å². The van der Waals surface area contributed by atoms with E-state index in [1.807, 2.05) is 0 Å². The number of carboxylic acid groups (broad SMARTS) is 2. The first-order valence-corrected chi connectivity index (χ1v) is 9.77. The smallest absolute Gasteiger partial charge is 0.548 e. The number of nitrogens with two attached hydrogens (primary N) is 1. The van der Waals surface area contributed by atoms with Crippen LogP contribution in [0, 0.1) is 0 Å². The van der Waals surface area contributed by atoms with E-state index in [-0.39, 0.29) is 64.2 Å². The summed E-state index contributed by atoms with van der Waals surface area (Å²) in [6, 6.07) is -1.17. The van der Waals surface area contributed by atoms with Crippen molar-refractivity contribution in [1.82, 2.24) is 0 Å². The molecule has 17 heteroatoms. The average Bonchev–Trinajstić information content (AvgIpc) is 3.03. The molecule has 0 aromatic rings. The summed E-state index contributed by atoms with van der Waals surface area (Å²) in [6.07, 6.45) is -13.0. The zero-order valence-electron chi connectivity index (χ0n) is 18.3. The molecule has 2 fully saturated rings. The van der Waals surface area contributed by atoms with Gasteiger partial charge in [-0.2, -0.15) is 0 Å². The van der Waals surface area contributed by atoms with E-state index < -0.39 is 92.6 Å². The number of rotatable bonds is 9. The number of carboxylic acids is 2. The van der Waals surface area contributed by atoms with Crippen molar-refractivity contribution in [2.75, 3.05) is 19.8 Å². The summed E-state index contributed by atoms with van der Waals surface area (Å²) in [6.45, 7) is -2.32. The van der Waals surface area contributed by atoms with Crippen molar-refractivity contribution in [3.8, 4) is 0 Å². The number of carbonyl (C=O) groups is 2. The van der Waals surface area contributed by atoms with Crippen LogP contribution in [-0.2, 0) is 23.8 Å². The standard InChI is InChI=1S/C12H22O11.C5H9NO4.K/c13-1-4-6(16)8(18)9(19)11(21-4)23-12(3-15)10(20)7(17)5(2-14)22-12;6-3(5(9)10)1-2-4(7)8;/h4-11,13-20H,1-3H2;3H,1-2,6H2,(H,7,8)(H,9,10);/q;;+1/p-1/t4-,5-,6-,7-,8+,9-,10+,11-,12+;3-;/m10./s1. The SMILES string of the molecule is N[C@@H](CCC(=O)O)C(=O)[O-].OC[C@H]1O[C@@](CO)(O[C@H]2O[C@H](CO)[C@@H](O)[C@H](O)[C@H]2O)[C@@H](O)[C@@H]1O.[K+]. The monoisotopic (exact) mass is 527 g/mol. The Morgan fingerprint density at radius 1 is 0.971 bits per heavy atom. The fraction of sp³-hybridized carbons (Fsp3) is 0.882. The number of aliphatic hydroxyl groups excluding tert-OH is 8. The maximum absolute atomic E-state index is 10.00. The van der Waals surface area contributed by atoms with E-state index >= 15 is 0 Å². The van der Waals surface area contributed by atoms with Crippen molar-refractivity contribution in [3.63, 3.8) is 0 Å². The van der Waals surface area contributed by atoms with Crippen LogP contribution in [0.2, 0.25) is 0 Å². The molecule has 0 saturated carbocycles. The molecule has 10 atom stereocenters. The average molecular weight is 528 g/mol. The minimum atomic E-state index is -2.22. The Morgan fingerprint density at radius 3 is 1.94 bits per heavy atom. The summed E-state index contributed by atoms with van der Waals surface area (Å²) in [7, 11) is 0. The van der Waals surface area contributed by atoms with Crippen molar-refractivity contribution in [1.29, 1.82) is 0 Å². The zero-order chi connectivity index (χ0) is 25.5. The van der Waals surface area contributed by atoms with Gasteiger partial charge in [0.15, 0.2) is 6.29 Å². The van der Waals surface area contributed by atoms with Crippen LogP contribution in [-0.4, -0.2) is 139 Å². The largest absolute Gasteiger partial charge is 1.00 e. The van der Waals surface area contributed by atoms with Gasteiger partial charge in [-0.15, -0.1) is 0 Å². The molecule has 2 heterocycles. The molecule has 34 heavy (non-hydrogen) atoms. The van der Waals surface area contributed by atoms with Crippen LogP contribution in [0.5, 0.6) is 0 Å².